The van der Waals surface area contributed by atoms with Crippen LogP contribution >= 0.6 is 0 Å². The molecule has 0 saturated carbocycles. The number of nitrogens with one attached hydrogen (secondary N) is 2. The zero-order valence-corrected chi connectivity index (χ0v) is 15.0. The predicted molar refractivity (Wildman–Crippen MR) is 104 cm³/mol. The van der Waals surface area contributed by atoms with Crippen LogP contribution in [0.15, 0.2) is 48.5 Å². The van der Waals surface area contributed by atoms with Crippen molar-refractivity contribution in [2.24, 2.45) is 0 Å². The Labute approximate surface area is 153 Å². The Bertz CT molecular complexity index is 867. The van der Waals surface area contributed by atoms with Crippen LogP contribution < -0.4 is 5.32 Å². The van der Waals surface area contributed by atoms with Gasteiger partial charge in [0.1, 0.15) is 5.82 Å². The molecule has 4 rings (SSSR count). The molecule has 5 heteroatoms. The number of hydrogen-bond acceptors (Lipinski definition) is 3. The third-order valence-electron chi connectivity index (χ3n) is 5.00. The minimum Gasteiger partial charge on any atom is -0.342 e. The lowest BCUT2D eigenvalue weighted by molar-refractivity contribution is -0.117. The minimum absolute atomic E-state index is 0.0408. The van der Waals surface area contributed by atoms with Crippen molar-refractivity contribution in [2.75, 3.05) is 25.0 Å². The molecule has 1 fully saturated rings. The molecule has 1 aliphatic heterocycles. The molecule has 134 valence electrons. The van der Waals surface area contributed by atoms with Crippen molar-refractivity contribution in [3.63, 3.8) is 0 Å². The van der Waals surface area contributed by atoms with Crippen LogP contribution in [0.2, 0.25) is 0 Å². The van der Waals surface area contributed by atoms with Gasteiger partial charge < -0.3 is 10.3 Å². The number of hydrogen-bond donors (Lipinski definition) is 2. The summed E-state index contributed by atoms with van der Waals surface area (Å²) in [4.78, 5) is 22.8. The molecule has 1 aliphatic rings. The molecule has 1 aromatic heterocycles. The first-order chi connectivity index (χ1) is 12.7. The molecular formula is C21H24N4O. The van der Waals surface area contributed by atoms with E-state index in [0.29, 0.717) is 12.5 Å². The van der Waals surface area contributed by atoms with Crippen LogP contribution in [0, 0.1) is 6.92 Å². The van der Waals surface area contributed by atoms with Crippen molar-refractivity contribution in [1.82, 2.24) is 14.9 Å². The second-order valence-corrected chi connectivity index (χ2v) is 7.13. The SMILES string of the molecule is Cc1ccc(NC(=O)CN2CCC[C@@H](c3nc4ccccc4[nH]3)C2)cc1. The Morgan fingerprint density at radius 1 is 1.23 bits per heavy atom. The van der Waals surface area contributed by atoms with Crippen LogP contribution in [-0.2, 0) is 4.79 Å². The first kappa shape index (κ1) is 16.8. The van der Waals surface area contributed by atoms with Gasteiger partial charge in [-0.2, -0.15) is 0 Å². The molecule has 1 saturated heterocycles. The molecule has 2 aromatic carbocycles. The normalized spacial score (nSPS) is 18.1. The number of anilines is 1. The van der Waals surface area contributed by atoms with E-state index in [9.17, 15) is 4.79 Å². The van der Waals surface area contributed by atoms with Gasteiger partial charge in [-0.3, -0.25) is 9.69 Å². The van der Waals surface area contributed by atoms with Gasteiger partial charge in [0.2, 0.25) is 5.91 Å². The van der Waals surface area contributed by atoms with E-state index in [4.69, 9.17) is 4.98 Å². The smallest absolute Gasteiger partial charge is 0.238 e. The van der Waals surface area contributed by atoms with Gasteiger partial charge in [-0.25, -0.2) is 4.98 Å². The second-order valence-electron chi connectivity index (χ2n) is 7.13. The Balaban J connectivity index is 1.38. The number of H-pyrrole nitrogens is 1. The summed E-state index contributed by atoms with van der Waals surface area (Å²) in [5.74, 6) is 1.43. The molecule has 0 radical (unpaired) electrons. The fourth-order valence-corrected chi connectivity index (χ4v) is 3.63. The number of para-hydroxylation sites is 2. The number of carbonyl (C=O) groups is 1. The molecule has 0 unspecified atom stereocenters. The number of benzene rings is 2. The van der Waals surface area contributed by atoms with Crippen molar-refractivity contribution in [2.45, 2.75) is 25.7 Å². The molecule has 2 heterocycles. The lowest BCUT2D eigenvalue weighted by Gasteiger charge is -2.31. The molecular weight excluding hydrogens is 324 g/mol. The average molecular weight is 348 g/mol. The van der Waals surface area contributed by atoms with Gasteiger partial charge in [0, 0.05) is 18.2 Å². The van der Waals surface area contributed by atoms with E-state index in [2.05, 4.69) is 21.3 Å². The lowest BCUT2D eigenvalue weighted by atomic mass is 9.97. The van der Waals surface area contributed by atoms with Gasteiger partial charge >= 0.3 is 0 Å². The number of aromatic nitrogens is 2. The maximum atomic E-state index is 12.4. The van der Waals surface area contributed by atoms with Crippen LogP contribution in [0.3, 0.4) is 0 Å². The van der Waals surface area contributed by atoms with Crippen molar-refractivity contribution in [1.29, 1.82) is 0 Å². The molecule has 26 heavy (non-hydrogen) atoms. The Kier molecular flexibility index (Phi) is 4.71. The third-order valence-corrected chi connectivity index (χ3v) is 5.00. The first-order valence-electron chi connectivity index (χ1n) is 9.21. The highest BCUT2D eigenvalue weighted by molar-refractivity contribution is 5.92. The Morgan fingerprint density at radius 3 is 2.85 bits per heavy atom. The van der Waals surface area contributed by atoms with E-state index in [1.54, 1.807) is 0 Å². The highest BCUT2D eigenvalue weighted by atomic mass is 16.2. The standard InChI is InChI=1S/C21H24N4O/c1-15-8-10-17(11-9-15)22-20(26)14-25-12-4-5-16(13-25)21-23-18-6-2-3-7-19(18)24-21/h2-3,6-11,16H,4-5,12-14H2,1H3,(H,22,26)(H,23,24)/t16-/m1/s1. The monoisotopic (exact) mass is 348 g/mol. The largest absolute Gasteiger partial charge is 0.342 e. The number of aromatic amines is 1. The number of rotatable bonds is 4. The van der Waals surface area contributed by atoms with E-state index >= 15 is 0 Å². The van der Waals surface area contributed by atoms with Crippen molar-refractivity contribution in [3.05, 3.63) is 59.9 Å². The number of likely N-dealkylation sites (tertiary alicyclic amines) is 1. The maximum Gasteiger partial charge on any atom is 0.238 e. The van der Waals surface area contributed by atoms with Crippen LogP contribution in [0.25, 0.3) is 11.0 Å². The Hall–Kier alpha value is -2.66. The highest BCUT2D eigenvalue weighted by Crippen LogP contribution is 2.26. The third kappa shape index (κ3) is 3.78. The van der Waals surface area contributed by atoms with Gasteiger partial charge in [0.25, 0.3) is 0 Å². The molecule has 0 aliphatic carbocycles. The average Bonchev–Trinajstić information content (AvgIpc) is 3.08. The van der Waals surface area contributed by atoms with E-state index in [-0.39, 0.29) is 5.91 Å². The molecule has 1 amide bonds. The molecule has 0 spiro atoms. The van der Waals surface area contributed by atoms with Crippen molar-refractivity contribution in [3.8, 4) is 0 Å². The maximum absolute atomic E-state index is 12.4. The zero-order valence-electron chi connectivity index (χ0n) is 15.0. The summed E-state index contributed by atoms with van der Waals surface area (Å²) in [5.41, 5.74) is 4.13. The number of nitrogens with zero attached hydrogens (tertiary/aromatic N) is 2. The summed E-state index contributed by atoms with van der Waals surface area (Å²) in [6, 6.07) is 16.0. The number of aryl methyl sites for hydroxylation is 1. The number of imidazole rings is 1. The van der Waals surface area contributed by atoms with Crippen LogP contribution in [-0.4, -0.2) is 40.4 Å². The summed E-state index contributed by atoms with van der Waals surface area (Å²) < 4.78 is 0. The molecule has 5 nitrogen and oxygen atoms in total. The van der Waals surface area contributed by atoms with E-state index in [1.807, 2.05) is 49.4 Å². The predicted octanol–water partition coefficient (Wildman–Crippen LogP) is 3.69. The van der Waals surface area contributed by atoms with Gasteiger partial charge in [0.05, 0.1) is 17.6 Å². The summed E-state index contributed by atoms with van der Waals surface area (Å²) in [7, 11) is 0. The highest BCUT2D eigenvalue weighted by Gasteiger charge is 2.25. The summed E-state index contributed by atoms with van der Waals surface area (Å²) >= 11 is 0. The molecule has 3 aromatic rings. The van der Waals surface area contributed by atoms with Crippen LogP contribution in [0.4, 0.5) is 5.69 Å². The van der Waals surface area contributed by atoms with Crippen molar-refractivity contribution >= 4 is 22.6 Å². The van der Waals surface area contributed by atoms with Crippen LogP contribution in [0.1, 0.15) is 30.1 Å². The minimum atomic E-state index is 0.0408. The zero-order chi connectivity index (χ0) is 17.9. The summed E-state index contributed by atoms with van der Waals surface area (Å²) in [6.45, 7) is 4.28. The quantitative estimate of drug-likeness (QED) is 0.756. The Morgan fingerprint density at radius 2 is 2.04 bits per heavy atom. The first-order valence-corrected chi connectivity index (χ1v) is 9.21. The van der Waals surface area contributed by atoms with E-state index in [0.717, 1.165) is 48.5 Å². The lowest BCUT2D eigenvalue weighted by Crippen LogP contribution is -2.40. The number of carbonyl (C=O) groups excluding carboxylic acids is 1. The summed E-state index contributed by atoms with van der Waals surface area (Å²) in [6.07, 6.45) is 2.19. The number of piperidine rings is 1. The number of amides is 1. The fourth-order valence-electron chi connectivity index (χ4n) is 3.63. The fraction of sp³-hybridized carbons (Fsp3) is 0.333. The van der Waals surface area contributed by atoms with Gasteiger partial charge in [-0.1, -0.05) is 29.8 Å². The van der Waals surface area contributed by atoms with E-state index < -0.39 is 0 Å². The van der Waals surface area contributed by atoms with Gasteiger partial charge in [0.15, 0.2) is 0 Å². The number of fused-ring (bicyclic) bond motifs is 1. The van der Waals surface area contributed by atoms with E-state index in [1.165, 1.54) is 5.56 Å². The second kappa shape index (κ2) is 7.30. The topological polar surface area (TPSA) is 61.0 Å². The van der Waals surface area contributed by atoms with Crippen molar-refractivity contribution < 1.29 is 4.79 Å². The van der Waals surface area contributed by atoms with Gasteiger partial charge in [-0.15, -0.1) is 0 Å². The van der Waals surface area contributed by atoms with Crippen LogP contribution in [0.5, 0.6) is 0 Å². The molecule has 1 atom stereocenters. The van der Waals surface area contributed by atoms with Gasteiger partial charge in [-0.05, 0) is 50.6 Å². The molecule has 0 bridgehead atoms. The molecule has 2 N–H and O–H groups in total. The summed E-state index contributed by atoms with van der Waals surface area (Å²) in [5, 5.41) is 2.99.